The maximum Gasteiger partial charge on any atom is 0.309 e. The Hall–Kier alpha value is -1.14. The van der Waals surface area contributed by atoms with E-state index in [4.69, 9.17) is 11.5 Å². The van der Waals surface area contributed by atoms with Crippen LogP contribution in [0.5, 0.6) is 0 Å². The van der Waals surface area contributed by atoms with Gasteiger partial charge in [0.1, 0.15) is 0 Å². The minimum absolute atomic E-state index is 0.527. The highest BCUT2D eigenvalue weighted by atomic mass is 16.2. The van der Waals surface area contributed by atoms with Gasteiger partial charge in [-0.05, 0) is 38.8 Å². The van der Waals surface area contributed by atoms with Crippen LogP contribution in [0, 0.1) is 0 Å². The molecule has 106 valence electrons. The zero-order chi connectivity index (χ0) is 13.6. The van der Waals surface area contributed by atoms with Crippen LogP contribution in [0.15, 0.2) is 0 Å². The van der Waals surface area contributed by atoms with Crippen molar-refractivity contribution in [3.63, 3.8) is 0 Å². The summed E-state index contributed by atoms with van der Waals surface area (Å²) in [6.45, 7) is 2.38. The fraction of sp³-hybridized carbons (Fsp3) is 0.833. The Morgan fingerprint density at radius 1 is 0.667 bits per heavy atom. The third-order valence-corrected chi connectivity index (χ3v) is 2.54. The third kappa shape index (κ3) is 10.0. The summed E-state index contributed by atoms with van der Waals surface area (Å²) in [5, 5.41) is 5.16. The fourth-order valence-corrected chi connectivity index (χ4v) is 1.46. The molecule has 0 fully saturated rings. The lowest BCUT2D eigenvalue weighted by molar-refractivity contribution is -0.139. The predicted octanol–water partition coefficient (Wildman–Crippen LogP) is -0.523. The van der Waals surface area contributed by atoms with E-state index < -0.39 is 11.8 Å². The number of hydrogen-bond donors (Lipinski definition) is 4. The Labute approximate surface area is 109 Å². The molecular formula is C12H26N4O2. The number of nitrogens with two attached hydrogens (primary N) is 2. The molecule has 0 aromatic carbocycles. The minimum atomic E-state index is -0.554. The van der Waals surface area contributed by atoms with Crippen molar-refractivity contribution >= 4 is 11.8 Å². The molecule has 0 spiro atoms. The molecule has 2 amide bonds. The van der Waals surface area contributed by atoms with Crippen molar-refractivity contribution in [2.24, 2.45) is 11.5 Å². The molecular weight excluding hydrogens is 232 g/mol. The normalized spacial score (nSPS) is 10.1. The molecule has 0 bridgehead atoms. The van der Waals surface area contributed by atoms with Crippen molar-refractivity contribution in [3.8, 4) is 0 Å². The lowest BCUT2D eigenvalue weighted by Crippen LogP contribution is -2.40. The Morgan fingerprint density at radius 3 is 1.39 bits per heavy atom. The molecule has 6 heteroatoms. The van der Waals surface area contributed by atoms with Gasteiger partial charge in [0.05, 0.1) is 0 Å². The highest BCUT2D eigenvalue weighted by Crippen LogP contribution is 1.92. The average Bonchev–Trinajstić information content (AvgIpc) is 2.37. The van der Waals surface area contributed by atoms with Gasteiger partial charge in [-0.25, -0.2) is 0 Å². The molecule has 6 nitrogen and oxygen atoms in total. The first-order valence-corrected chi connectivity index (χ1v) is 6.68. The molecule has 0 unspecified atom stereocenters. The summed E-state index contributed by atoms with van der Waals surface area (Å²) in [6.07, 6.45) is 5.54. The van der Waals surface area contributed by atoms with E-state index >= 15 is 0 Å². The maximum atomic E-state index is 11.3. The van der Waals surface area contributed by atoms with Crippen molar-refractivity contribution in [2.45, 2.75) is 38.5 Å². The maximum absolute atomic E-state index is 11.3. The van der Waals surface area contributed by atoms with Crippen LogP contribution in [0.2, 0.25) is 0 Å². The van der Waals surface area contributed by atoms with Crippen molar-refractivity contribution in [2.75, 3.05) is 26.2 Å². The smallest absolute Gasteiger partial charge is 0.309 e. The predicted molar refractivity (Wildman–Crippen MR) is 71.8 cm³/mol. The second-order valence-corrected chi connectivity index (χ2v) is 4.21. The molecule has 0 aliphatic carbocycles. The zero-order valence-corrected chi connectivity index (χ0v) is 11.0. The number of amides is 2. The van der Waals surface area contributed by atoms with Crippen LogP contribution >= 0.6 is 0 Å². The van der Waals surface area contributed by atoms with Gasteiger partial charge in [-0.15, -0.1) is 0 Å². The molecule has 0 aromatic rings. The van der Waals surface area contributed by atoms with E-state index in [1.54, 1.807) is 0 Å². The molecule has 0 heterocycles. The topological polar surface area (TPSA) is 110 Å². The summed E-state index contributed by atoms with van der Waals surface area (Å²) < 4.78 is 0. The summed E-state index contributed by atoms with van der Waals surface area (Å²) in [6, 6.07) is 0. The Morgan fingerprint density at radius 2 is 1.06 bits per heavy atom. The number of rotatable bonds is 10. The molecule has 0 aliphatic heterocycles. The van der Waals surface area contributed by atoms with Crippen LogP contribution in [0.25, 0.3) is 0 Å². The van der Waals surface area contributed by atoms with E-state index in [1.807, 2.05) is 0 Å². The molecule has 6 N–H and O–H groups in total. The van der Waals surface area contributed by atoms with Gasteiger partial charge in [-0.1, -0.05) is 12.8 Å². The SMILES string of the molecule is NCCCCCNC(=O)C(=O)NCCCCCN. The van der Waals surface area contributed by atoms with Crippen LogP contribution < -0.4 is 22.1 Å². The Bertz CT molecular complexity index is 210. The first kappa shape index (κ1) is 16.9. The lowest BCUT2D eigenvalue weighted by Gasteiger charge is -2.06. The first-order chi connectivity index (χ1) is 8.72. The summed E-state index contributed by atoms with van der Waals surface area (Å²) in [5.41, 5.74) is 10.7. The van der Waals surface area contributed by atoms with E-state index in [2.05, 4.69) is 10.6 Å². The van der Waals surface area contributed by atoms with Crippen LogP contribution in [-0.4, -0.2) is 38.0 Å². The van der Waals surface area contributed by atoms with Gasteiger partial charge in [0.2, 0.25) is 0 Å². The van der Waals surface area contributed by atoms with Gasteiger partial charge >= 0.3 is 11.8 Å². The van der Waals surface area contributed by atoms with Crippen LogP contribution in [0.3, 0.4) is 0 Å². The largest absolute Gasteiger partial charge is 0.348 e. The first-order valence-electron chi connectivity index (χ1n) is 6.68. The van der Waals surface area contributed by atoms with Gasteiger partial charge in [0, 0.05) is 13.1 Å². The third-order valence-electron chi connectivity index (χ3n) is 2.54. The number of unbranched alkanes of at least 4 members (excludes halogenated alkanes) is 4. The number of carbonyl (C=O) groups excluding carboxylic acids is 2. The number of nitrogens with one attached hydrogen (secondary N) is 2. The lowest BCUT2D eigenvalue weighted by atomic mass is 10.2. The van der Waals surface area contributed by atoms with Gasteiger partial charge in [0.15, 0.2) is 0 Å². The molecule has 0 radical (unpaired) electrons. The van der Waals surface area contributed by atoms with Gasteiger partial charge in [0.25, 0.3) is 0 Å². The van der Waals surface area contributed by atoms with Crippen molar-refractivity contribution in [1.82, 2.24) is 10.6 Å². The van der Waals surface area contributed by atoms with Crippen LogP contribution in [0.1, 0.15) is 38.5 Å². The van der Waals surface area contributed by atoms with E-state index in [1.165, 1.54) is 0 Å². The van der Waals surface area contributed by atoms with Gasteiger partial charge in [-0.3, -0.25) is 9.59 Å². The molecule has 0 rings (SSSR count). The van der Waals surface area contributed by atoms with Crippen molar-refractivity contribution < 1.29 is 9.59 Å². The fourth-order valence-electron chi connectivity index (χ4n) is 1.46. The second-order valence-electron chi connectivity index (χ2n) is 4.21. The Balaban J connectivity index is 3.43. The van der Waals surface area contributed by atoms with E-state index in [0.29, 0.717) is 26.2 Å². The summed E-state index contributed by atoms with van der Waals surface area (Å²) >= 11 is 0. The highest BCUT2D eigenvalue weighted by molar-refractivity contribution is 6.35. The Kier molecular flexibility index (Phi) is 11.5. The molecule has 18 heavy (non-hydrogen) atoms. The van der Waals surface area contributed by atoms with Crippen molar-refractivity contribution in [3.05, 3.63) is 0 Å². The summed E-state index contributed by atoms with van der Waals surface area (Å²) in [7, 11) is 0. The standard InChI is InChI=1S/C12H26N4O2/c13-7-3-1-5-9-15-11(17)12(18)16-10-6-2-4-8-14/h1-10,13-14H2,(H,15,17)(H,16,18). The average molecular weight is 258 g/mol. The molecule has 0 atom stereocenters. The van der Waals surface area contributed by atoms with Gasteiger partial charge in [-0.2, -0.15) is 0 Å². The zero-order valence-electron chi connectivity index (χ0n) is 11.0. The van der Waals surface area contributed by atoms with E-state index in [9.17, 15) is 9.59 Å². The highest BCUT2D eigenvalue weighted by Gasteiger charge is 2.11. The van der Waals surface area contributed by atoms with Crippen LogP contribution in [-0.2, 0) is 9.59 Å². The van der Waals surface area contributed by atoms with Crippen LogP contribution in [0.4, 0.5) is 0 Å². The summed E-state index contributed by atoms with van der Waals surface area (Å²) in [4.78, 5) is 22.7. The molecule has 0 saturated carbocycles. The number of carbonyl (C=O) groups is 2. The molecule has 0 aliphatic rings. The quantitative estimate of drug-likeness (QED) is 0.312. The second kappa shape index (κ2) is 12.3. The summed E-state index contributed by atoms with van der Waals surface area (Å²) in [5.74, 6) is -1.11. The monoisotopic (exact) mass is 258 g/mol. The minimum Gasteiger partial charge on any atom is -0.348 e. The molecule has 0 saturated heterocycles. The van der Waals surface area contributed by atoms with Crippen molar-refractivity contribution in [1.29, 1.82) is 0 Å². The van der Waals surface area contributed by atoms with Gasteiger partial charge < -0.3 is 22.1 Å². The molecule has 0 aromatic heterocycles. The van der Waals surface area contributed by atoms with E-state index in [-0.39, 0.29) is 0 Å². The number of hydrogen-bond acceptors (Lipinski definition) is 4. The van der Waals surface area contributed by atoms with E-state index in [0.717, 1.165) is 38.5 Å².